The average molecular weight is 315 g/mol. The van der Waals surface area contributed by atoms with E-state index < -0.39 is 0 Å². The Morgan fingerprint density at radius 3 is 2.80 bits per heavy atom. The highest BCUT2D eigenvalue weighted by molar-refractivity contribution is 6.43. The van der Waals surface area contributed by atoms with Crippen molar-refractivity contribution in [2.45, 2.75) is 18.9 Å². The van der Waals surface area contributed by atoms with Crippen LogP contribution in [0.15, 0.2) is 18.2 Å². The molecule has 5 heteroatoms. The van der Waals surface area contributed by atoms with Gasteiger partial charge in [0.15, 0.2) is 0 Å². The lowest BCUT2D eigenvalue weighted by atomic mass is 9.91. The second-order valence-corrected chi connectivity index (χ2v) is 6.58. The van der Waals surface area contributed by atoms with E-state index >= 15 is 0 Å². The maximum Gasteiger partial charge on any atom is 0.0825 e. The molecule has 2 saturated heterocycles. The normalized spacial score (nSPS) is 27.4. The van der Waals surface area contributed by atoms with E-state index in [0.29, 0.717) is 28.6 Å². The first-order valence-electron chi connectivity index (χ1n) is 7.23. The van der Waals surface area contributed by atoms with Crippen molar-refractivity contribution >= 4 is 28.9 Å². The molecule has 20 heavy (non-hydrogen) atoms. The van der Waals surface area contributed by atoms with Gasteiger partial charge >= 0.3 is 0 Å². The minimum absolute atomic E-state index is 0.313. The number of nitrogens with zero attached hydrogens (tertiary/aromatic N) is 2. The summed E-state index contributed by atoms with van der Waals surface area (Å²) in [5.41, 5.74) is 1.04. The second-order valence-electron chi connectivity index (χ2n) is 5.79. The van der Waals surface area contributed by atoms with Gasteiger partial charge < -0.3 is 10.0 Å². The molecule has 0 aromatic heterocycles. The summed E-state index contributed by atoms with van der Waals surface area (Å²) in [7, 11) is 0. The maximum absolute atomic E-state index is 9.31. The first-order valence-corrected chi connectivity index (χ1v) is 7.98. The predicted octanol–water partition coefficient (Wildman–Crippen LogP) is 2.89. The van der Waals surface area contributed by atoms with E-state index in [1.165, 1.54) is 0 Å². The lowest BCUT2D eigenvalue weighted by molar-refractivity contribution is 0.0674. The van der Waals surface area contributed by atoms with E-state index in [9.17, 15) is 5.11 Å². The summed E-state index contributed by atoms with van der Waals surface area (Å²) in [5.74, 6) is 0.451. The van der Waals surface area contributed by atoms with Gasteiger partial charge in [-0.25, -0.2) is 0 Å². The molecule has 1 aromatic rings. The topological polar surface area (TPSA) is 26.7 Å². The first-order chi connectivity index (χ1) is 9.69. The molecule has 2 heterocycles. The zero-order valence-corrected chi connectivity index (χ0v) is 12.9. The quantitative estimate of drug-likeness (QED) is 0.909. The number of halogens is 2. The molecule has 0 aliphatic carbocycles. The van der Waals surface area contributed by atoms with Crippen LogP contribution in [0.4, 0.5) is 5.69 Å². The zero-order valence-electron chi connectivity index (χ0n) is 11.4. The van der Waals surface area contributed by atoms with Gasteiger partial charge in [0.2, 0.25) is 0 Å². The largest absolute Gasteiger partial charge is 0.396 e. The van der Waals surface area contributed by atoms with Crippen molar-refractivity contribution in [1.82, 2.24) is 4.90 Å². The van der Waals surface area contributed by atoms with Gasteiger partial charge in [0.25, 0.3) is 0 Å². The average Bonchev–Trinajstić information content (AvgIpc) is 2.49. The Bertz CT molecular complexity index is 483. The van der Waals surface area contributed by atoms with Gasteiger partial charge in [-0.1, -0.05) is 29.3 Å². The molecule has 1 N–H and O–H groups in total. The standard InChI is InChI=1S/C15H20Cl2N2O/c16-13-2-1-3-14(15(13)17)19-7-6-18-8-11(10-20)4-5-12(18)9-19/h1-3,11-12,20H,4-10H2/t11-,12-/m1/s1. The van der Waals surface area contributed by atoms with Crippen LogP contribution in [-0.2, 0) is 0 Å². The third kappa shape index (κ3) is 2.77. The monoisotopic (exact) mass is 314 g/mol. The number of piperidine rings is 1. The van der Waals surface area contributed by atoms with Gasteiger partial charge in [-0.15, -0.1) is 0 Å². The van der Waals surface area contributed by atoms with E-state index in [2.05, 4.69) is 9.80 Å². The van der Waals surface area contributed by atoms with Crippen LogP contribution in [0.2, 0.25) is 10.0 Å². The fraction of sp³-hybridized carbons (Fsp3) is 0.600. The highest BCUT2D eigenvalue weighted by atomic mass is 35.5. The number of hydrogen-bond acceptors (Lipinski definition) is 3. The number of aliphatic hydroxyl groups is 1. The third-order valence-electron chi connectivity index (χ3n) is 4.54. The van der Waals surface area contributed by atoms with E-state index in [1.807, 2.05) is 18.2 Å². The van der Waals surface area contributed by atoms with Crippen LogP contribution in [0.3, 0.4) is 0 Å². The predicted molar refractivity (Wildman–Crippen MR) is 83.8 cm³/mol. The van der Waals surface area contributed by atoms with Crippen LogP contribution in [0.5, 0.6) is 0 Å². The van der Waals surface area contributed by atoms with Crippen LogP contribution < -0.4 is 4.90 Å². The Hall–Kier alpha value is -0.480. The number of benzene rings is 1. The molecule has 110 valence electrons. The van der Waals surface area contributed by atoms with Crippen LogP contribution in [0, 0.1) is 5.92 Å². The van der Waals surface area contributed by atoms with Gasteiger partial charge in [0.1, 0.15) is 0 Å². The first kappa shape index (κ1) is 14.5. The van der Waals surface area contributed by atoms with Crippen molar-refractivity contribution in [3.63, 3.8) is 0 Å². The fourth-order valence-corrected chi connectivity index (χ4v) is 3.78. The summed E-state index contributed by atoms with van der Waals surface area (Å²) in [4.78, 5) is 4.86. The number of rotatable bonds is 2. The van der Waals surface area contributed by atoms with Gasteiger partial charge in [-0.2, -0.15) is 0 Å². The number of hydrogen-bond donors (Lipinski definition) is 1. The van der Waals surface area contributed by atoms with Crippen molar-refractivity contribution in [3.8, 4) is 0 Å². The molecule has 0 saturated carbocycles. The van der Waals surface area contributed by atoms with Gasteiger partial charge in [0.05, 0.1) is 15.7 Å². The van der Waals surface area contributed by atoms with Crippen LogP contribution >= 0.6 is 23.2 Å². The molecule has 2 fully saturated rings. The van der Waals surface area contributed by atoms with E-state index in [-0.39, 0.29) is 0 Å². The zero-order chi connectivity index (χ0) is 14.1. The molecule has 0 unspecified atom stereocenters. The maximum atomic E-state index is 9.31. The Labute approximate surface area is 130 Å². The highest BCUT2D eigenvalue weighted by Crippen LogP contribution is 2.35. The lowest BCUT2D eigenvalue weighted by Gasteiger charge is -2.47. The third-order valence-corrected chi connectivity index (χ3v) is 5.34. The minimum Gasteiger partial charge on any atom is -0.396 e. The number of aliphatic hydroxyl groups excluding tert-OH is 1. The van der Waals surface area contributed by atoms with Gasteiger partial charge in [-0.05, 0) is 30.9 Å². The molecule has 1 aromatic carbocycles. The van der Waals surface area contributed by atoms with Crippen molar-refractivity contribution in [2.75, 3.05) is 37.7 Å². The lowest BCUT2D eigenvalue weighted by Crippen LogP contribution is -2.56. The number of anilines is 1. The molecule has 0 spiro atoms. The Kier molecular flexibility index (Phi) is 4.41. The highest BCUT2D eigenvalue weighted by Gasteiger charge is 2.33. The Morgan fingerprint density at radius 1 is 1.15 bits per heavy atom. The Morgan fingerprint density at radius 2 is 2.00 bits per heavy atom. The number of piperazine rings is 1. The molecule has 3 rings (SSSR count). The summed E-state index contributed by atoms with van der Waals surface area (Å²) in [6, 6.07) is 6.40. The summed E-state index contributed by atoms with van der Waals surface area (Å²) in [6.45, 7) is 4.34. The van der Waals surface area contributed by atoms with Crippen LogP contribution in [0.1, 0.15) is 12.8 Å². The van der Waals surface area contributed by atoms with E-state index in [4.69, 9.17) is 23.2 Å². The van der Waals surface area contributed by atoms with Crippen molar-refractivity contribution in [3.05, 3.63) is 28.2 Å². The van der Waals surface area contributed by atoms with Gasteiger partial charge in [0, 0.05) is 38.8 Å². The molecule has 0 radical (unpaired) electrons. The van der Waals surface area contributed by atoms with Crippen LogP contribution in [0.25, 0.3) is 0 Å². The minimum atomic E-state index is 0.313. The smallest absolute Gasteiger partial charge is 0.0825 e. The van der Waals surface area contributed by atoms with Crippen LogP contribution in [-0.4, -0.2) is 48.8 Å². The molecule has 0 bridgehead atoms. The summed E-state index contributed by atoms with van der Waals surface area (Å²) in [6.07, 6.45) is 2.27. The molecule has 2 aliphatic rings. The second kappa shape index (κ2) is 6.10. The molecule has 2 aliphatic heterocycles. The van der Waals surface area contributed by atoms with Crippen molar-refractivity contribution in [2.24, 2.45) is 5.92 Å². The summed E-state index contributed by atoms with van der Waals surface area (Å²) in [5, 5.41) is 10.6. The van der Waals surface area contributed by atoms with E-state index in [0.717, 1.165) is 44.7 Å². The molecule has 0 amide bonds. The molecule has 3 nitrogen and oxygen atoms in total. The SMILES string of the molecule is OC[C@@H]1CC[C@@H]2CN(c3cccc(Cl)c3Cl)CCN2C1. The van der Waals surface area contributed by atoms with Crippen molar-refractivity contribution in [1.29, 1.82) is 0 Å². The van der Waals surface area contributed by atoms with E-state index in [1.54, 1.807) is 0 Å². The summed E-state index contributed by atoms with van der Waals surface area (Å²) < 4.78 is 0. The molecular weight excluding hydrogens is 295 g/mol. The van der Waals surface area contributed by atoms with Crippen molar-refractivity contribution < 1.29 is 5.11 Å². The Balaban J connectivity index is 1.72. The molecular formula is C15H20Cl2N2O. The summed E-state index contributed by atoms with van der Waals surface area (Å²) >= 11 is 12.4. The van der Waals surface area contributed by atoms with Gasteiger partial charge in [-0.3, -0.25) is 4.90 Å². The molecule has 2 atom stereocenters. The number of fused-ring (bicyclic) bond motifs is 1. The fourth-order valence-electron chi connectivity index (χ4n) is 3.36.